The van der Waals surface area contributed by atoms with E-state index in [0.29, 0.717) is 23.7 Å². The number of carbonyl (C=O) groups excluding carboxylic acids is 2. The van der Waals surface area contributed by atoms with Gasteiger partial charge in [-0.3, -0.25) is 14.5 Å². The summed E-state index contributed by atoms with van der Waals surface area (Å²) < 4.78 is 11.1. The molecule has 1 heterocycles. The molecule has 2 aromatic carbocycles. The summed E-state index contributed by atoms with van der Waals surface area (Å²) in [4.78, 5) is 25.7. The van der Waals surface area contributed by atoms with Crippen LogP contribution in [0.25, 0.3) is 0 Å². The van der Waals surface area contributed by atoms with E-state index in [2.05, 4.69) is 5.32 Å². The number of amides is 2. The second-order valence-electron chi connectivity index (χ2n) is 5.65. The van der Waals surface area contributed by atoms with Crippen LogP contribution < -0.4 is 19.7 Å². The van der Waals surface area contributed by atoms with E-state index in [1.165, 1.54) is 4.90 Å². The molecule has 2 aromatic rings. The Bertz CT molecular complexity index is 758. The highest BCUT2D eigenvalue weighted by atomic mass is 16.5. The van der Waals surface area contributed by atoms with Crippen molar-refractivity contribution in [3.63, 3.8) is 0 Å². The van der Waals surface area contributed by atoms with Crippen molar-refractivity contribution in [2.24, 2.45) is 0 Å². The molecule has 1 aliphatic heterocycles. The Morgan fingerprint density at radius 1 is 1.08 bits per heavy atom. The maximum atomic E-state index is 12.5. The highest BCUT2D eigenvalue weighted by molar-refractivity contribution is 6.10. The average Bonchev–Trinajstić information content (AvgIpc) is 2.64. The fourth-order valence-electron chi connectivity index (χ4n) is 2.53. The molecule has 6 heteroatoms. The van der Waals surface area contributed by atoms with Gasteiger partial charge in [0.05, 0.1) is 18.0 Å². The first kappa shape index (κ1) is 16.8. The molecule has 25 heavy (non-hydrogen) atoms. The lowest BCUT2D eigenvalue weighted by molar-refractivity contribution is -0.123. The topological polar surface area (TPSA) is 67.9 Å². The molecule has 0 atom stereocenters. The molecule has 0 spiro atoms. The number of ether oxygens (including phenoxy) is 2. The number of carbonyl (C=O) groups is 2. The third-order valence-corrected chi connectivity index (χ3v) is 3.73. The van der Waals surface area contributed by atoms with Crippen molar-refractivity contribution in [3.8, 4) is 11.5 Å². The average molecular weight is 340 g/mol. The number of hydrogen-bond donors (Lipinski definition) is 1. The minimum atomic E-state index is -0.270. The molecule has 3 rings (SSSR count). The van der Waals surface area contributed by atoms with Crippen LogP contribution >= 0.6 is 0 Å². The van der Waals surface area contributed by atoms with E-state index in [4.69, 9.17) is 9.47 Å². The Morgan fingerprint density at radius 3 is 2.48 bits per heavy atom. The molecule has 0 fully saturated rings. The molecule has 0 saturated carbocycles. The van der Waals surface area contributed by atoms with Gasteiger partial charge in [-0.1, -0.05) is 19.1 Å². The Kier molecular flexibility index (Phi) is 5.18. The molecule has 0 bridgehead atoms. The first-order valence-electron chi connectivity index (χ1n) is 8.22. The molecule has 130 valence electrons. The molecule has 0 unspecified atom stereocenters. The number of rotatable bonds is 6. The zero-order valence-electron chi connectivity index (χ0n) is 14.0. The molecule has 2 amide bonds. The van der Waals surface area contributed by atoms with Gasteiger partial charge < -0.3 is 14.8 Å². The standard InChI is InChI=1S/C19H20N2O4/c1-2-11-24-14-7-9-15(10-8-14)25-13-19(23)21-12-18(22)20-16-5-3-4-6-17(16)21/h3-10H,2,11-13H2,1H3,(H,20,22). The van der Waals surface area contributed by atoms with Gasteiger partial charge in [0.25, 0.3) is 5.91 Å². The minimum Gasteiger partial charge on any atom is -0.494 e. The Hall–Kier alpha value is -3.02. The summed E-state index contributed by atoms with van der Waals surface area (Å²) in [6, 6.07) is 14.3. The van der Waals surface area contributed by atoms with Crippen LogP contribution in [0.1, 0.15) is 13.3 Å². The lowest BCUT2D eigenvalue weighted by Gasteiger charge is -2.29. The molecule has 1 aliphatic rings. The minimum absolute atomic E-state index is 0.0109. The van der Waals surface area contributed by atoms with Gasteiger partial charge in [-0.25, -0.2) is 0 Å². The molecule has 0 aromatic heterocycles. The lowest BCUT2D eigenvalue weighted by atomic mass is 10.2. The predicted octanol–water partition coefficient (Wildman–Crippen LogP) is 2.84. The normalized spacial score (nSPS) is 13.0. The van der Waals surface area contributed by atoms with Crippen molar-refractivity contribution < 1.29 is 19.1 Å². The van der Waals surface area contributed by atoms with Crippen molar-refractivity contribution in [2.75, 3.05) is 30.0 Å². The van der Waals surface area contributed by atoms with Crippen LogP contribution in [0.4, 0.5) is 11.4 Å². The van der Waals surface area contributed by atoms with E-state index in [0.717, 1.165) is 12.2 Å². The van der Waals surface area contributed by atoms with Gasteiger partial charge >= 0.3 is 0 Å². The quantitative estimate of drug-likeness (QED) is 0.878. The van der Waals surface area contributed by atoms with Gasteiger partial charge in [-0.2, -0.15) is 0 Å². The fraction of sp³-hybridized carbons (Fsp3) is 0.263. The highest BCUT2D eigenvalue weighted by Gasteiger charge is 2.26. The summed E-state index contributed by atoms with van der Waals surface area (Å²) >= 11 is 0. The maximum Gasteiger partial charge on any atom is 0.265 e. The van der Waals surface area contributed by atoms with E-state index >= 15 is 0 Å². The Labute approximate surface area is 146 Å². The first-order valence-corrected chi connectivity index (χ1v) is 8.22. The van der Waals surface area contributed by atoms with E-state index in [1.54, 1.807) is 36.4 Å². The van der Waals surface area contributed by atoms with E-state index in [-0.39, 0.29) is 25.0 Å². The monoisotopic (exact) mass is 340 g/mol. The van der Waals surface area contributed by atoms with Gasteiger partial charge in [0.2, 0.25) is 5.91 Å². The first-order chi connectivity index (χ1) is 12.2. The van der Waals surface area contributed by atoms with Crippen molar-refractivity contribution in [2.45, 2.75) is 13.3 Å². The van der Waals surface area contributed by atoms with Crippen LogP contribution in [-0.4, -0.2) is 31.6 Å². The smallest absolute Gasteiger partial charge is 0.265 e. The molecule has 0 radical (unpaired) electrons. The van der Waals surface area contributed by atoms with Crippen molar-refractivity contribution >= 4 is 23.2 Å². The van der Waals surface area contributed by atoms with E-state index < -0.39 is 0 Å². The van der Waals surface area contributed by atoms with E-state index in [1.807, 2.05) is 19.1 Å². The third-order valence-electron chi connectivity index (χ3n) is 3.73. The summed E-state index contributed by atoms with van der Waals surface area (Å²) in [5.74, 6) is 0.854. The summed E-state index contributed by atoms with van der Waals surface area (Å²) in [6.07, 6.45) is 0.942. The SMILES string of the molecule is CCCOc1ccc(OCC(=O)N2CC(=O)Nc3ccccc32)cc1. The van der Waals surface area contributed by atoms with Crippen LogP contribution in [0.3, 0.4) is 0 Å². The summed E-state index contributed by atoms with van der Waals surface area (Å²) in [5, 5.41) is 2.75. The summed E-state index contributed by atoms with van der Waals surface area (Å²) in [7, 11) is 0. The molecular weight excluding hydrogens is 320 g/mol. The van der Waals surface area contributed by atoms with Crippen molar-refractivity contribution in [1.29, 1.82) is 0 Å². The Balaban J connectivity index is 1.62. The van der Waals surface area contributed by atoms with E-state index in [9.17, 15) is 9.59 Å². The Morgan fingerprint density at radius 2 is 1.76 bits per heavy atom. The highest BCUT2D eigenvalue weighted by Crippen LogP contribution is 2.29. The molecule has 1 N–H and O–H groups in total. The van der Waals surface area contributed by atoms with Crippen LogP contribution in [0.5, 0.6) is 11.5 Å². The molecule has 0 aliphatic carbocycles. The van der Waals surface area contributed by atoms with Crippen LogP contribution in [0.2, 0.25) is 0 Å². The van der Waals surface area contributed by atoms with Gasteiger partial charge in [-0.15, -0.1) is 0 Å². The van der Waals surface area contributed by atoms with Crippen LogP contribution in [0, 0.1) is 0 Å². The largest absolute Gasteiger partial charge is 0.494 e. The number of fused-ring (bicyclic) bond motifs is 1. The van der Waals surface area contributed by atoms with Crippen LogP contribution in [-0.2, 0) is 9.59 Å². The zero-order chi connectivity index (χ0) is 17.6. The predicted molar refractivity (Wildman–Crippen MR) is 95.1 cm³/mol. The van der Waals surface area contributed by atoms with Crippen molar-refractivity contribution in [3.05, 3.63) is 48.5 Å². The number of nitrogens with one attached hydrogen (secondary N) is 1. The summed E-state index contributed by atoms with van der Waals surface area (Å²) in [6.45, 7) is 2.55. The lowest BCUT2D eigenvalue weighted by Crippen LogP contribution is -2.44. The van der Waals surface area contributed by atoms with Crippen molar-refractivity contribution in [1.82, 2.24) is 0 Å². The third kappa shape index (κ3) is 4.09. The number of hydrogen-bond acceptors (Lipinski definition) is 4. The maximum absolute atomic E-state index is 12.5. The summed E-state index contributed by atoms with van der Waals surface area (Å²) in [5.41, 5.74) is 1.31. The van der Waals surface area contributed by atoms with Gasteiger partial charge in [0.1, 0.15) is 18.0 Å². The second kappa shape index (κ2) is 7.70. The number of benzene rings is 2. The fourth-order valence-corrected chi connectivity index (χ4v) is 2.53. The number of nitrogens with zero attached hydrogens (tertiary/aromatic N) is 1. The van der Waals surface area contributed by atoms with Gasteiger partial charge in [-0.05, 0) is 42.8 Å². The molecular formula is C19H20N2O4. The number of para-hydroxylation sites is 2. The molecule has 0 saturated heterocycles. The zero-order valence-corrected chi connectivity index (χ0v) is 14.0. The van der Waals surface area contributed by atoms with Gasteiger partial charge in [0, 0.05) is 0 Å². The molecule has 6 nitrogen and oxygen atoms in total. The second-order valence-corrected chi connectivity index (χ2v) is 5.65. The van der Waals surface area contributed by atoms with Gasteiger partial charge in [0.15, 0.2) is 6.61 Å². The number of anilines is 2. The van der Waals surface area contributed by atoms with Crippen LogP contribution in [0.15, 0.2) is 48.5 Å².